The Kier molecular flexibility index (Phi) is 5.65. The summed E-state index contributed by atoms with van der Waals surface area (Å²) in [5, 5.41) is 29.2. The molecule has 1 aromatic rings. The molecule has 0 saturated heterocycles. The maximum absolute atomic E-state index is 10.5. The Morgan fingerprint density at radius 2 is 1.70 bits per heavy atom. The van der Waals surface area contributed by atoms with Crippen molar-refractivity contribution in [1.29, 1.82) is 0 Å². The Hall–Kier alpha value is -1.01. The molecule has 0 saturated carbocycles. The van der Waals surface area contributed by atoms with Gasteiger partial charge in [-0.15, -0.1) is 0 Å². The number of benzene rings is 1. The molecule has 1 rings (SSSR count). The second-order valence-corrected chi connectivity index (χ2v) is 6.79. The van der Waals surface area contributed by atoms with Crippen LogP contribution in [-0.2, 0) is 0 Å². The fraction of sp³-hybridized carbons (Fsp3) is 0.375. The third-order valence-corrected chi connectivity index (χ3v) is 4.15. The largest absolute Gasteiger partial charge is 0.509 e. The van der Waals surface area contributed by atoms with Crippen LogP contribution in [0.4, 0.5) is 0 Å². The molecule has 0 radical (unpaired) electrons. The number of hydrogen-bond donors (Lipinski definition) is 3. The zero-order chi connectivity index (χ0) is 15.5. The van der Waals surface area contributed by atoms with Crippen molar-refractivity contribution < 1.29 is 15.3 Å². The van der Waals surface area contributed by atoms with Gasteiger partial charge in [-0.25, -0.2) is 0 Å². The first-order chi connectivity index (χ1) is 9.20. The topological polar surface area (TPSA) is 60.7 Å². The molecular formula is C16H21IO3. The SMILES string of the molecule is Cc1ccccc1/C(=C(O)/C(I)=C(/O)CO)C(C)(C)C. The van der Waals surface area contributed by atoms with Crippen molar-refractivity contribution in [1.82, 2.24) is 0 Å². The number of aryl methyl sites for hydroxylation is 1. The van der Waals surface area contributed by atoms with E-state index in [0.29, 0.717) is 0 Å². The smallest absolute Gasteiger partial charge is 0.136 e. The van der Waals surface area contributed by atoms with Gasteiger partial charge in [0.05, 0.1) is 3.58 Å². The van der Waals surface area contributed by atoms with E-state index in [9.17, 15) is 10.2 Å². The van der Waals surface area contributed by atoms with Gasteiger partial charge in [-0.05, 0) is 46.1 Å². The molecule has 20 heavy (non-hydrogen) atoms. The lowest BCUT2D eigenvalue weighted by atomic mass is 9.79. The molecule has 3 N–H and O–H groups in total. The van der Waals surface area contributed by atoms with Crippen molar-refractivity contribution in [2.24, 2.45) is 5.41 Å². The van der Waals surface area contributed by atoms with Crippen molar-refractivity contribution >= 4 is 28.2 Å². The summed E-state index contributed by atoms with van der Waals surface area (Å²) in [6.07, 6.45) is 0. The summed E-state index contributed by atoms with van der Waals surface area (Å²) in [4.78, 5) is 0. The van der Waals surface area contributed by atoms with E-state index in [1.165, 1.54) is 0 Å². The third-order valence-electron chi connectivity index (χ3n) is 3.01. The molecule has 3 nitrogen and oxygen atoms in total. The average Bonchev–Trinajstić information content (AvgIpc) is 2.37. The van der Waals surface area contributed by atoms with E-state index >= 15 is 0 Å². The van der Waals surface area contributed by atoms with Crippen molar-refractivity contribution in [2.75, 3.05) is 6.61 Å². The van der Waals surface area contributed by atoms with Gasteiger partial charge in [0.2, 0.25) is 0 Å². The van der Waals surface area contributed by atoms with E-state index in [4.69, 9.17) is 5.11 Å². The fourth-order valence-electron chi connectivity index (χ4n) is 2.06. The van der Waals surface area contributed by atoms with Crippen LogP contribution < -0.4 is 0 Å². The van der Waals surface area contributed by atoms with Gasteiger partial charge in [0.15, 0.2) is 0 Å². The van der Waals surface area contributed by atoms with Crippen LogP contribution in [0.1, 0.15) is 31.9 Å². The van der Waals surface area contributed by atoms with Crippen molar-refractivity contribution in [2.45, 2.75) is 27.7 Å². The predicted molar refractivity (Wildman–Crippen MR) is 90.9 cm³/mol. The summed E-state index contributed by atoms with van der Waals surface area (Å²) in [7, 11) is 0. The van der Waals surface area contributed by atoms with Gasteiger partial charge in [0, 0.05) is 5.57 Å². The summed E-state index contributed by atoms with van der Waals surface area (Å²) in [6, 6.07) is 7.80. The summed E-state index contributed by atoms with van der Waals surface area (Å²) < 4.78 is 0.276. The molecule has 0 heterocycles. The lowest BCUT2D eigenvalue weighted by molar-refractivity contribution is 0.250. The first-order valence-electron chi connectivity index (χ1n) is 6.38. The summed E-state index contributed by atoms with van der Waals surface area (Å²) in [5.74, 6) is -0.211. The molecule has 0 amide bonds. The highest BCUT2D eigenvalue weighted by Crippen LogP contribution is 2.40. The number of aliphatic hydroxyl groups is 3. The van der Waals surface area contributed by atoms with Crippen LogP contribution in [0.5, 0.6) is 0 Å². The highest BCUT2D eigenvalue weighted by Gasteiger charge is 2.26. The summed E-state index contributed by atoms with van der Waals surface area (Å²) in [5.41, 5.74) is 2.44. The quantitative estimate of drug-likeness (QED) is 0.406. The van der Waals surface area contributed by atoms with Gasteiger partial charge in [-0.2, -0.15) is 0 Å². The molecule has 1 aromatic carbocycles. The first kappa shape index (κ1) is 17.0. The normalized spacial score (nSPS) is 14.7. The lowest BCUT2D eigenvalue weighted by Crippen LogP contribution is -2.13. The highest BCUT2D eigenvalue weighted by atomic mass is 127. The maximum Gasteiger partial charge on any atom is 0.136 e. The standard InChI is InChI=1S/C16H21IO3/c1-10-7-5-6-8-11(10)13(16(2,3)4)15(20)14(17)12(19)9-18/h5-8,18-20H,9H2,1-4H3/b14-12-,15-13+. The second-order valence-electron chi connectivity index (χ2n) is 5.71. The fourth-order valence-corrected chi connectivity index (χ4v) is 2.50. The van der Waals surface area contributed by atoms with Gasteiger partial charge in [-0.3, -0.25) is 0 Å². The second kappa shape index (κ2) is 6.63. The molecule has 0 unspecified atom stereocenters. The molecule has 0 bridgehead atoms. The van der Waals surface area contributed by atoms with Crippen LogP contribution in [-0.4, -0.2) is 21.9 Å². The number of hydrogen-bond acceptors (Lipinski definition) is 3. The van der Waals surface area contributed by atoms with Gasteiger partial charge < -0.3 is 15.3 Å². The van der Waals surface area contributed by atoms with E-state index in [0.717, 1.165) is 16.7 Å². The van der Waals surface area contributed by atoms with Crippen LogP contribution in [0.25, 0.3) is 5.57 Å². The summed E-state index contributed by atoms with van der Waals surface area (Å²) >= 11 is 1.85. The molecule has 0 atom stereocenters. The molecule has 0 aliphatic heterocycles. The Morgan fingerprint density at radius 1 is 1.15 bits per heavy atom. The predicted octanol–water partition coefficient (Wildman–Crippen LogP) is 4.51. The van der Waals surface area contributed by atoms with Crippen LogP contribution in [0.15, 0.2) is 39.4 Å². The van der Waals surface area contributed by atoms with Crippen molar-refractivity contribution in [3.05, 3.63) is 50.5 Å². The van der Waals surface area contributed by atoms with E-state index < -0.39 is 6.61 Å². The first-order valence-corrected chi connectivity index (χ1v) is 7.46. The molecular weight excluding hydrogens is 367 g/mol. The van der Waals surface area contributed by atoms with Gasteiger partial charge in [0.1, 0.15) is 18.1 Å². The Morgan fingerprint density at radius 3 is 2.15 bits per heavy atom. The van der Waals surface area contributed by atoms with Gasteiger partial charge in [-0.1, -0.05) is 45.0 Å². The Labute approximate surface area is 133 Å². The van der Waals surface area contributed by atoms with Crippen LogP contribution in [0, 0.1) is 12.3 Å². The minimum absolute atomic E-state index is 0.0129. The Balaban J connectivity index is 3.62. The molecule has 110 valence electrons. The van der Waals surface area contributed by atoms with Crippen LogP contribution in [0.2, 0.25) is 0 Å². The number of rotatable bonds is 3. The minimum atomic E-state index is -0.493. The maximum atomic E-state index is 10.5. The third kappa shape index (κ3) is 3.76. The highest BCUT2D eigenvalue weighted by molar-refractivity contribution is 14.1. The van der Waals surface area contributed by atoms with Crippen molar-refractivity contribution in [3.63, 3.8) is 0 Å². The molecule has 4 heteroatoms. The monoisotopic (exact) mass is 388 g/mol. The number of aliphatic hydroxyl groups excluding tert-OH is 3. The van der Waals surface area contributed by atoms with Crippen LogP contribution >= 0.6 is 22.6 Å². The van der Waals surface area contributed by atoms with E-state index in [1.54, 1.807) is 0 Å². The average molecular weight is 388 g/mol. The number of halogens is 1. The molecule has 0 aliphatic rings. The molecule has 0 spiro atoms. The Bertz CT molecular complexity index is 551. The summed E-state index contributed by atoms with van der Waals surface area (Å²) in [6.45, 7) is 7.51. The van der Waals surface area contributed by atoms with E-state index in [1.807, 2.05) is 74.6 Å². The zero-order valence-electron chi connectivity index (χ0n) is 12.2. The van der Waals surface area contributed by atoms with Crippen molar-refractivity contribution in [3.8, 4) is 0 Å². The zero-order valence-corrected chi connectivity index (χ0v) is 14.4. The van der Waals surface area contributed by atoms with E-state index in [-0.39, 0.29) is 20.5 Å². The van der Waals surface area contributed by atoms with Crippen LogP contribution in [0.3, 0.4) is 0 Å². The number of allylic oxidation sites excluding steroid dienone is 2. The minimum Gasteiger partial charge on any atom is -0.509 e. The molecule has 0 fully saturated rings. The molecule has 0 aromatic heterocycles. The molecule has 0 aliphatic carbocycles. The van der Waals surface area contributed by atoms with Gasteiger partial charge >= 0.3 is 0 Å². The van der Waals surface area contributed by atoms with E-state index in [2.05, 4.69) is 0 Å². The van der Waals surface area contributed by atoms with Gasteiger partial charge in [0.25, 0.3) is 0 Å². The lowest BCUT2D eigenvalue weighted by Gasteiger charge is -2.26.